The first-order valence-corrected chi connectivity index (χ1v) is 11.3. The lowest BCUT2D eigenvalue weighted by Crippen LogP contribution is -2.23. The summed E-state index contributed by atoms with van der Waals surface area (Å²) in [7, 11) is 0. The first-order valence-electron chi connectivity index (χ1n) is 10.5. The Morgan fingerprint density at radius 1 is 1.00 bits per heavy atom. The number of rotatable bonds is 3. The van der Waals surface area contributed by atoms with Crippen LogP contribution in [-0.2, 0) is 5.54 Å². The Hall–Kier alpha value is -4.03. The number of fused-ring (bicyclic) bond motifs is 1. The maximum atomic E-state index is 5.74. The maximum Gasteiger partial charge on any atom is 0.219 e. The van der Waals surface area contributed by atoms with E-state index in [0.29, 0.717) is 4.73 Å². The number of halogens is 1. The highest BCUT2D eigenvalue weighted by Crippen LogP contribution is 2.36. The Morgan fingerprint density at radius 3 is 2.41 bits per heavy atom. The van der Waals surface area contributed by atoms with Gasteiger partial charge < -0.3 is 10.3 Å². The van der Waals surface area contributed by atoms with Gasteiger partial charge in [-0.1, -0.05) is 12.0 Å². The number of terminal acetylenes is 1. The average Bonchev–Trinajstić information content (AvgIpc) is 3.42. The van der Waals surface area contributed by atoms with Gasteiger partial charge in [0.25, 0.3) is 0 Å². The molecule has 0 aliphatic carbocycles. The standard InChI is InChI=1S/C25H21BrN8/c1-5-15-6-8-20(33-14-30-23(26)32-33)18(10-15)22-31-19-11-16(17-12-28-24(27)29-13-17)7-9-21(19)34(22)25(2,3)4/h1,6-14H,2-4H3,(H2,27,28,29). The van der Waals surface area contributed by atoms with Crippen LogP contribution in [0.2, 0.25) is 0 Å². The van der Waals surface area contributed by atoms with Gasteiger partial charge >= 0.3 is 0 Å². The lowest BCUT2D eigenvalue weighted by molar-refractivity contribution is 0.413. The number of aromatic nitrogens is 7. The van der Waals surface area contributed by atoms with E-state index in [-0.39, 0.29) is 11.5 Å². The molecule has 34 heavy (non-hydrogen) atoms. The van der Waals surface area contributed by atoms with Gasteiger partial charge in [-0.3, -0.25) is 0 Å². The maximum absolute atomic E-state index is 5.74. The molecule has 9 heteroatoms. The van der Waals surface area contributed by atoms with Crippen LogP contribution < -0.4 is 5.73 Å². The summed E-state index contributed by atoms with van der Waals surface area (Å²) in [5.41, 5.74) is 11.5. The second-order valence-electron chi connectivity index (χ2n) is 8.81. The van der Waals surface area contributed by atoms with Crippen LogP contribution in [0, 0.1) is 12.3 Å². The fourth-order valence-electron chi connectivity index (χ4n) is 3.97. The molecule has 2 aromatic carbocycles. The van der Waals surface area contributed by atoms with Crippen molar-refractivity contribution in [2.24, 2.45) is 0 Å². The molecule has 0 spiro atoms. The van der Waals surface area contributed by atoms with Gasteiger partial charge in [0.05, 0.1) is 16.7 Å². The first-order chi connectivity index (χ1) is 16.2. The molecule has 3 aromatic heterocycles. The Labute approximate surface area is 205 Å². The van der Waals surface area contributed by atoms with E-state index in [1.54, 1.807) is 23.4 Å². The number of imidazole rings is 1. The van der Waals surface area contributed by atoms with Crippen molar-refractivity contribution < 1.29 is 0 Å². The summed E-state index contributed by atoms with van der Waals surface area (Å²) in [5, 5.41) is 4.44. The minimum atomic E-state index is -0.262. The third-order valence-corrected chi connectivity index (χ3v) is 5.81. The molecule has 0 unspecified atom stereocenters. The fourth-order valence-corrected chi connectivity index (χ4v) is 4.23. The van der Waals surface area contributed by atoms with Gasteiger partial charge in [-0.2, -0.15) is 0 Å². The van der Waals surface area contributed by atoms with Crippen LogP contribution >= 0.6 is 15.9 Å². The van der Waals surface area contributed by atoms with Gasteiger partial charge in [0.1, 0.15) is 12.2 Å². The summed E-state index contributed by atoms with van der Waals surface area (Å²) in [6.45, 7) is 6.45. The zero-order valence-electron chi connectivity index (χ0n) is 18.9. The molecule has 0 saturated carbocycles. The second-order valence-corrected chi connectivity index (χ2v) is 9.52. The highest BCUT2D eigenvalue weighted by Gasteiger charge is 2.25. The molecule has 0 aliphatic heterocycles. The number of anilines is 1. The zero-order valence-corrected chi connectivity index (χ0v) is 20.4. The fraction of sp³-hybridized carbons (Fsp3) is 0.160. The summed E-state index contributed by atoms with van der Waals surface area (Å²) in [6.07, 6.45) is 10.8. The van der Waals surface area contributed by atoms with Crippen molar-refractivity contribution in [2.45, 2.75) is 26.3 Å². The van der Waals surface area contributed by atoms with Gasteiger partial charge in [0.2, 0.25) is 10.7 Å². The minimum absolute atomic E-state index is 0.241. The van der Waals surface area contributed by atoms with Crippen molar-refractivity contribution in [3.63, 3.8) is 0 Å². The Morgan fingerprint density at radius 2 is 1.76 bits per heavy atom. The van der Waals surface area contributed by atoms with Gasteiger partial charge in [0, 0.05) is 34.6 Å². The largest absolute Gasteiger partial charge is 0.368 e. The predicted molar refractivity (Wildman–Crippen MR) is 136 cm³/mol. The van der Waals surface area contributed by atoms with Crippen molar-refractivity contribution in [3.8, 4) is 40.5 Å². The van der Waals surface area contributed by atoms with E-state index < -0.39 is 0 Å². The normalized spacial score (nSPS) is 11.6. The number of benzene rings is 2. The molecule has 0 saturated heterocycles. The molecule has 0 radical (unpaired) electrons. The van der Waals surface area contributed by atoms with Crippen molar-refractivity contribution in [2.75, 3.05) is 5.73 Å². The van der Waals surface area contributed by atoms with Crippen molar-refractivity contribution in [3.05, 3.63) is 65.4 Å². The Balaban J connectivity index is 1.78. The van der Waals surface area contributed by atoms with Gasteiger partial charge in [-0.15, -0.1) is 11.5 Å². The van der Waals surface area contributed by atoms with Crippen LogP contribution in [-0.4, -0.2) is 34.3 Å². The van der Waals surface area contributed by atoms with E-state index in [0.717, 1.165) is 44.8 Å². The molecule has 0 bridgehead atoms. The highest BCUT2D eigenvalue weighted by molar-refractivity contribution is 9.10. The van der Waals surface area contributed by atoms with Crippen LogP contribution in [0.15, 0.2) is 59.9 Å². The average molecular weight is 513 g/mol. The Kier molecular flexibility index (Phi) is 5.18. The molecule has 0 aliphatic rings. The summed E-state index contributed by atoms with van der Waals surface area (Å²) < 4.78 is 4.43. The van der Waals surface area contributed by atoms with Crippen molar-refractivity contribution >= 4 is 32.9 Å². The quantitative estimate of drug-likeness (QED) is 0.347. The lowest BCUT2D eigenvalue weighted by atomic mass is 10.0. The van der Waals surface area contributed by atoms with Crippen molar-refractivity contribution in [1.29, 1.82) is 0 Å². The highest BCUT2D eigenvalue weighted by atomic mass is 79.9. The van der Waals surface area contributed by atoms with E-state index in [2.05, 4.69) is 73.3 Å². The number of nitrogens with zero attached hydrogens (tertiary/aromatic N) is 7. The first kappa shape index (κ1) is 21.8. The van der Waals surface area contributed by atoms with Gasteiger partial charge in [-0.25, -0.2) is 24.6 Å². The van der Waals surface area contributed by atoms with E-state index in [1.807, 2.05) is 30.3 Å². The third-order valence-electron chi connectivity index (χ3n) is 5.45. The van der Waals surface area contributed by atoms with E-state index in [1.165, 1.54) is 0 Å². The van der Waals surface area contributed by atoms with Crippen LogP contribution in [0.5, 0.6) is 0 Å². The molecular weight excluding hydrogens is 492 g/mol. The monoisotopic (exact) mass is 512 g/mol. The van der Waals surface area contributed by atoms with Crippen LogP contribution in [0.3, 0.4) is 0 Å². The molecule has 3 heterocycles. The summed E-state index contributed by atoms with van der Waals surface area (Å²) in [4.78, 5) is 17.5. The molecule has 0 fully saturated rings. The lowest BCUT2D eigenvalue weighted by Gasteiger charge is -2.25. The van der Waals surface area contributed by atoms with Crippen molar-refractivity contribution in [1.82, 2.24) is 34.3 Å². The van der Waals surface area contributed by atoms with E-state index >= 15 is 0 Å². The van der Waals surface area contributed by atoms with Crippen LogP contribution in [0.1, 0.15) is 26.3 Å². The molecule has 0 amide bonds. The number of nitrogens with two attached hydrogens (primary N) is 1. The molecule has 2 N–H and O–H groups in total. The third kappa shape index (κ3) is 3.82. The van der Waals surface area contributed by atoms with E-state index in [9.17, 15) is 0 Å². The van der Waals surface area contributed by atoms with Crippen LogP contribution in [0.4, 0.5) is 5.95 Å². The van der Waals surface area contributed by atoms with E-state index in [4.69, 9.17) is 17.1 Å². The summed E-state index contributed by atoms with van der Waals surface area (Å²) in [5.74, 6) is 3.76. The van der Waals surface area contributed by atoms with Crippen LogP contribution in [0.25, 0.3) is 39.2 Å². The summed E-state index contributed by atoms with van der Waals surface area (Å²) in [6, 6.07) is 11.9. The minimum Gasteiger partial charge on any atom is -0.368 e. The number of hydrogen-bond donors (Lipinski definition) is 1. The molecule has 5 aromatic rings. The predicted octanol–water partition coefficient (Wildman–Crippen LogP) is 4.82. The zero-order chi connectivity index (χ0) is 24.0. The molecule has 8 nitrogen and oxygen atoms in total. The second kappa shape index (κ2) is 8.08. The van der Waals surface area contributed by atoms with Gasteiger partial charge in [-0.05, 0) is 72.6 Å². The smallest absolute Gasteiger partial charge is 0.219 e. The molecule has 0 atom stereocenters. The molecule has 168 valence electrons. The molecular formula is C25H21BrN8. The topological polar surface area (TPSA) is 100 Å². The number of hydrogen-bond acceptors (Lipinski definition) is 6. The molecule has 5 rings (SSSR count). The Bertz CT molecular complexity index is 1570. The summed E-state index contributed by atoms with van der Waals surface area (Å²) >= 11 is 3.33. The van der Waals surface area contributed by atoms with Gasteiger partial charge in [0.15, 0.2) is 0 Å². The number of nitrogen functional groups attached to an aromatic ring is 1. The SMILES string of the molecule is C#Cc1ccc(-n2cnc(Br)n2)c(-c2nc3cc(-c4cnc(N)nc4)ccc3n2C(C)(C)C)c1.